The average molecular weight is 346 g/mol. The van der Waals surface area contributed by atoms with Crippen molar-refractivity contribution in [1.82, 2.24) is 5.06 Å². The van der Waals surface area contributed by atoms with E-state index in [1.807, 2.05) is 27.7 Å². The van der Waals surface area contributed by atoms with Gasteiger partial charge in [-0.15, -0.1) is 0 Å². The molecule has 0 aromatic carbocycles. The second-order valence-corrected chi connectivity index (χ2v) is 8.67. The first kappa shape index (κ1) is 20.7. The third-order valence-electron chi connectivity index (χ3n) is 5.77. The molecular formula is C17H32ClN3O2. The molecule has 0 aliphatic carbocycles. The second kappa shape index (κ2) is 6.50. The first-order valence-corrected chi connectivity index (χ1v) is 8.49. The third-order valence-corrected chi connectivity index (χ3v) is 5.77. The predicted octanol–water partition coefficient (Wildman–Crippen LogP) is -0.714. The lowest BCUT2D eigenvalue weighted by molar-refractivity contribution is -1.01. The molecule has 2 saturated heterocycles. The standard InChI is InChI=1S/C17H32N3O2.ClH/c1-6-7-8-20(9-14(21)10-20)17(13-18)11-15(2,3)19(22)16(4,5)12-17;/h14,21-22H,6-12H2,1-5H3;1H/q+1;/p-1. The van der Waals surface area contributed by atoms with E-state index in [9.17, 15) is 15.6 Å². The number of quaternary nitrogens is 1. The van der Waals surface area contributed by atoms with E-state index >= 15 is 0 Å². The van der Waals surface area contributed by atoms with Gasteiger partial charge in [-0.25, -0.2) is 0 Å². The molecule has 0 unspecified atom stereocenters. The molecule has 2 fully saturated rings. The zero-order chi connectivity index (χ0) is 16.8. The van der Waals surface area contributed by atoms with E-state index in [2.05, 4.69) is 13.0 Å². The Morgan fingerprint density at radius 3 is 2.00 bits per heavy atom. The van der Waals surface area contributed by atoms with Crippen molar-refractivity contribution in [3.05, 3.63) is 0 Å². The van der Waals surface area contributed by atoms with E-state index in [-0.39, 0.29) is 18.5 Å². The van der Waals surface area contributed by atoms with Crippen LogP contribution in [0.3, 0.4) is 0 Å². The van der Waals surface area contributed by atoms with Crippen LogP contribution in [0.5, 0.6) is 0 Å². The van der Waals surface area contributed by atoms with Gasteiger partial charge in [0, 0.05) is 23.9 Å². The summed E-state index contributed by atoms with van der Waals surface area (Å²) in [5, 5.41) is 32.1. The Balaban J connectivity index is 0.00000264. The SMILES string of the molecule is CCCC[N+]1(C2(C#N)CC(C)(C)N(O)C(C)(C)C2)CC(O)C1.[Cl-]. The molecule has 0 radical (unpaired) electrons. The molecule has 2 heterocycles. The fourth-order valence-electron chi connectivity index (χ4n) is 4.94. The van der Waals surface area contributed by atoms with Crippen molar-refractivity contribution < 1.29 is 27.2 Å². The van der Waals surface area contributed by atoms with Crippen LogP contribution in [0.15, 0.2) is 0 Å². The van der Waals surface area contributed by atoms with Gasteiger partial charge in [-0.05, 0) is 34.1 Å². The van der Waals surface area contributed by atoms with Crippen LogP contribution in [-0.2, 0) is 0 Å². The summed E-state index contributed by atoms with van der Waals surface area (Å²) in [4.78, 5) is 0. The lowest BCUT2D eigenvalue weighted by Gasteiger charge is -2.64. The van der Waals surface area contributed by atoms with E-state index < -0.39 is 16.6 Å². The normalized spacial score (nSPS) is 34.8. The van der Waals surface area contributed by atoms with E-state index in [4.69, 9.17) is 0 Å². The Kier molecular flexibility index (Phi) is 5.84. The summed E-state index contributed by atoms with van der Waals surface area (Å²) in [6, 6.07) is 2.64. The van der Waals surface area contributed by atoms with Gasteiger partial charge in [-0.2, -0.15) is 10.3 Å². The van der Waals surface area contributed by atoms with Gasteiger partial charge in [0.1, 0.15) is 19.2 Å². The van der Waals surface area contributed by atoms with Gasteiger partial charge < -0.3 is 27.2 Å². The molecule has 23 heavy (non-hydrogen) atoms. The summed E-state index contributed by atoms with van der Waals surface area (Å²) in [5.74, 6) is 0. The van der Waals surface area contributed by atoms with Gasteiger partial charge >= 0.3 is 0 Å². The molecule has 0 aromatic heterocycles. The number of likely N-dealkylation sites (tertiary alicyclic amines) is 1. The minimum Gasteiger partial charge on any atom is -1.00 e. The molecule has 2 N–H and O–H groups in total. The van der Waals surface area contributed by atoms with Crippen LogP contribution in [0, 0.1) is 11.3 Å². The lowest BCUT2D eigenvalue weighted by atomic mass is 9.67. The van der Waals surface area contributed by atoms with Crippen molar-refractivity contribution in [3.8, 4) is 6.07 Å². The Morgan fingerprint density at radius 2 is 1.65 bits per heavy atom. The van der Waals surface area contributed by atoms with E-state index in [0.29, 0.717) is 30.4 Å². The number of aliphatic hydroxyl groups excluding tert-OH is 1. The van der Waals surface area contributed by atoms with Crippen LogP contribution in [0.4, 0.5) is 0 Å². The van der Waals surface area contributed by atoms with E-state index in [1.165, 1.54) is 5.06 Å². The molecule has 6 heteroatoms. The van der Waals surface area contributed by atoms with Crippen LogP contribution in [-0.4, -0.2) is 62.2 Å². The van der Waals surface area contributed by atoms with Crippen LogP contribution < -0.4 is 12.4 Å². The Labute approximate surface area is 146 Å². The Morgan fingerprint density at radius 1 is 1.17 bits per heavy atom. The van der Waals surface area contributed by atoms with Gasteiger partial charge in [-0.3, -0.25) is 0 Å². The Hall–Kier alpha value is -0.380. The van der Waals surface area contributed by atoms with Crippen LogP contribution in [0.2, 0.25) is 0 Å². The second-order valence-electron chi connectivity index (χ2n) is 8.67. The summed E-state index contributed by atoms with van der Waals surface area (Å²) in [7, 11) is 0. The fourth-order valence-corrected chi connectivity index (χ4v) is 4.94. The first-order chi connectivity index (χ1) is 10.0. The van der Waals surface area contributed by atoms with Crippen molar-refractivity contribution in [2.45, 2.75) is 83.0 Å². The topological polar surface area (TPSA) is 67.5 Å². The van der Waals surface area contributed by atoms with Crippen LogP contribution >= 0.6 is 0 Å². The van der Waals surface area contributed by atoms with E-state index in [1.54, 1.807) is 0 Å². The molecule has 0 bridgehead atoms. The number of rotatable bonds is 4. The summed E-state index contributed by atoms with van der Waals surface area (Å²) < 4.78 is 0.694. The average Bonchev–Trinajstić information content (AvgIpc) is 2.38. The quantitative estimate of drug-likeness (QED) is 0.660. The maximum Gasteiger partial charge on any atom is 0.190 e. The molecule has 134 valence electrons. The van der Waals surface area contributed by atoms with Gasteiger partial charge in [0.15, 0.2) is 11.6 Å². The first-order valence-electron chi connectivity index (χ1n) is 8.49. The Bertz CT molecular complexity index is 449. The van der Waals surface area contributed by atoms with Gasteiger partial charge in [0.05, 0.1) is 6.54 Å². The smallest absolute Gasteiger partial charge is 0.190 e. The molecule has 0 saturated carbocycles. The molecule has 5 nitrogen and oxygen atoms in total. The molecule has 2 rings (SSSR count). The van der Waals surface area contributed by atoms with Gasteiger partial charge in [-0.1, -0.05) is 13.3 Å². The summed E-state index contributed by atoms with van der Waals surface area (Å²) in [6.45, 7) is 12.5. The van der Waals surface area contributed by atoms with Crippen molar-refractivity contribution in [1.29, 1.82) is 5.26 Å². The maximum atomic E-state index is 10.5. The van der Waals surface area contributed by atoms with Gasteiger partial charge in [0.25, 0.3) is 0 Å². The number of halogens is 1. The highest BCUT2D eigenvalue weighted by Crippen LogP contribution is 2.50. The number of aliphatic hydroxyl groups is 1. The predicted molar refractivity (Wildman–Crippen MR) is 85.1 cm³/mol. The number of hydroxylamine groups is 2. The monoisotopic (exact) mass is 345 g/mol. The van der Waals surface area contributed by atoms with E-state index in [0.717, 1.165) is 19.4 Å². The fraction of sp³-hybridized carbons (Fsp3) is 0.941. The molecular weight excluding hydrogens is 314 g/mol. The minimum absolute atomic E-state index is 0. The largest absolute Gasteiger partial charge is 1.00 e. The summed E-state index contributed by atoms with van der Waals surface area (Å²) in [6.07, 6.45) is 3.14. The van der Waals surface area contributed by atoms with Crippen molar-refractivity contribution in [2.24, 2.45) is 0 Å². The number of hydrogen-bond acceptors (Lipinski definition) is 4. The zero-order valence-electron chi connectivity index (χ0n) is 15.1. The number of unbranched alkanes of at least 4 members (excludes halogenated alkanes) is 1. The van der Waals surface area contributed by atoms with Crippen molar-refractivity contribution in [3.63, 3.8) is 0 Å². The molecule has 2 aliphatic rings. The number of nitriles is 1. The number of hydrogen-bond donors (Lipinski definition) is 2. The van der Waals surface area contributed by atoms with Gasteiger partial charge in [0.2, 0.25) is 0 Å². The highest BCUT2D eigenvalue weighted by atomic mass is 35.5. The number of nitrogens with zero attached hydrogens (tertiary/aromatic N) is 3. The number of piperidine rings is 1. The molecule has 0 atom stereocenters. The highest BCUT2D eigenvalue weighted by Gasteiger charge is 2.65. The van der Waals surface area contributed by atoms with Crippen LogP contribution in [0.25, 0.3) is 0 Å². The molecule has 0 spiro atoms. The molecule has 0 amide bonds. The molecule has 0 aromatic rings. The van der Waals surface area contributed by atoms with Crippen molar-refractivity contribution >= 4 is 0 Å². The summed E-state index contributed by atoms with van der Waals surface area (Å²) in [5.41, 5.74) is -1.42. The zero-order valence-corrected chi connectivity index (χ0v) is 15.9. The third kappa shape index (κ3) is 3.25. The highest BCUT2D eigenvalue weighted by molar-refractivity contribution is 5.15. The van der Waals surface area contributed by atoms with Crippen LogP contribution in [0.1, 0.15) is 60.3 Å². The molecule has 2 aliphatic heterocycles. The lowest BCUT2D eigenvalue weighted by Crippen LogP contribution is -3.00. The van der Waals surface area contributed by atoms with Crippen molar-refractivity contribution in [2.75, 3.05) is 19.6 Å². The minimum atomic E-state index is -0.527. The summed E-state index contributed by atoms with van der Waals surface area (Å²) >= 11 is 0. The maximum absolute atomic E-state index is 10.5.